The van der Waals surface area contributed by atoms with E-state index >= 15 is 0 Å². The summed E-state index contributed by atoms with van der Waals surface area (Å²) in [6, 6.07) is 9.17. The summed E-state index contributed by atoms with van der Waals surface area (Å²) >= 11 is 1.43. The Morgan fingerprint density at radius 1 is 1.06 bits per heavy atom. The highest BCUT2D eigenvalue weighted by atomic mass is 32.2. The van der Waals surface area contributed by atoms with Gasteiger partial charge in [0, 0.05) is 25.3 Å². The molecule has 0 bridgehead atoms. The van der Waals surface area contributed by atoms with Gasteiger partial charge in [-0.2, -0.15) is 4.31 Å². The molecule has 1 aliphatic rings. The number of piperidine rings is 1. The highest BCUT2D eigenvalue weighted by Crippen LogP contribution is 2.29. The Labute approximate surface area is 189 Å². The molecular weight excluding hydrogens is 476 g/mol. The third kappa shape index (κ3) is 4.60. The first-order valence-corrected chi connectivity index (χ1v) is 13.8. The fourth-order valence-electron chi connectivity index (χ4n) is 3.45. The summed E-state index contributed by atoms with van der Waals surface area (Å²) < 4.78 is 56.8. The highest BCUT2D eigenvalue weighted by Gasteiger charge is 2.35. The van der Waals surface area contributed by atoms with Gasteiger partial charge in [-0.15, -0.1) is 16.4 Å². The molecule has 0 unspecified atom stereocenters. The number of thiophene rings is 1. The van der Waals surface area contributed by atoms with E-state index in [1.54, 1.807) is 0 Å². The maximum Gasteiger partial charge on any atom is 0.322 e. The van der Waals surface area contributed by atoms with E-state index in [2.05, 4.69) is 15.5 Å². The number of carbonyl (C=O) groups excluding carboxylic acids is 1. The Morgan fingerprint density at radius 2 is 1.75 bits per heavy atom. The standard InChI is InChI=1S/C19H20N4O6S3/c1-31(25,26)15-6-2-3-7-16(15)32(27,28)23-10-8-13(9-11-23)17(24)20-19-22-21-18(29-19)14-5-4-12-30-14/h2-7,12-13H,8-11H2,1H3,(H,20,22,24). The highest BCUT2D eigenvalue weighted by molar-refractivity contribution is 7.93. The van der Waals surface area contributed by atoms with Crippen LogP contribution >= 0.6 is 11.3 Å². The van der Waals surface area contributed by atoms with Gasteiger partial charge in [0.25, 0.3) is 5.89 Å². The molecule has 0 radical (unpaired) electrons. The van der Waals surface area contributed by atoms with E-state index < -0.39 is 25.8 Å². The molecule has 3 aromatic rings. The van der Waals surface area contributed by atoms with E-state index in [9.17, 15) is 21.6 Å². The number of nitrogens with zero attached hydrogens (tertiary/aromatic N) is 3. The molecule has 0 atom stereocenters. The van der Waals surface area contributed by atoms with Crippen LogP contribution in [0, 0.1) is 5.92 Å². The largest absolute Gasteiger partial charge is 0.402 e. The van der Waals surface area contributed by atoms with Gasteiger partial charge in [-0.25, -0.2) is 16.8 Å². The van der Waals surface area contributed by atoms with Crippen molar-refractivity contribution in [2.45, 2.75) is 22.6 Å². The molecule has 1 amide bonds. The monoisotopic (exact) mass is 496 g/mol. The van der Waals surface area contributed by atoms with Crippen LogP contribution in [0.2, 0.25) is 0 Å². The van der Waals surface area contributed by atoms with Crippen molar-refractivity contribution in [2.75, 3.05) is 24.7 Å². The van der Waals surface area contributed by atoms with E-state index in [1.165, 1.54) is 39.9 Å². The van der Waals surface area contributed by atoms with E-state index in [4.69, 9.17) is 4.42 Å². The van der Waals surface area contributed by atoms with Gasteiger partial charge in [0.15, 0.2) is 9.84 Å². The summed E-state index contributed by atoms with van der Waals surface area (Å²) in [6.45, 7) is 0.172. The van der Waals surface area contributed by atoms with Gasteiger partial charge >= 0.3 is 6.01 Å². The van der Waals surface area contributed by atoms with Crippen molar-refractivity contribution in [3.05, 3.63) is 41.8 Å². The number of sulfonamides is 1. The van der Waals surface area contributed by atoms with Crippen molar-refractivity contribution in [3.8, 4) is 10.8 Å². The molecule has 1 aliphatic heterocycles. The van der Waals surface area contributed by atoms with Crippen LogP contribution in [0.1, 0.15) is 12.8 Å². The van der Waals surface area contributed by atoms with E-state index in [-0.39, 0.29) is 47.6 Å². The lowest BCUT2D eigenvalue weighted by Gasteiger charge is -2.30. The molecule has 13 heteroatoms. The van der Waals surface area contributed by atoms with Crippen molar-refractivity contribution >= 4 is 43.1 Å². The normalized spacial score (nSPS) is 16.2. The zero-order chi connectivity index (χ0) is 22.9. The number of benzene rings is 1. The number of aromatic nitrogens is 2. The summed E-state index contributed by atoms with van der Waals surface area (Å²) in [7, 11) is -7.74. The molecule has 3 heterocycles. The Kier molecular flexibility index (Phi) is 6.16. The quantitative estimate of drug-likeness (QED) is 0.548. The summed E-state index contributed by atoms with van der Waals surface area (Å²) in [5, 5.41) is 12.2. The molecule has 0 aliphatic carbocycles. The first-order chi connectivity index (χ1) is 15.2. The van der Waals surface area contributed by atoms with Gasteiger partial charge in [0.05, 0.1) is 9.77 Å². The van der Waals surface area contributed by atoms with E-state index in [0.717, 1.165) is 11.1 Å². The Bertz CT molecular complexity index is 1320. The zero-order valence-corrected chi connectivity index (χ0v) is 19.4. The minimum Gasteiger partial charge on any atom is -0.402 e. The zero-order valence-electron chi connectivity index (χ0n) is 17.0. The van der Waals surface area contributed by atoms with Crippen molar-refractivity contribution in [2.24, 2.45) is 5.92 Å². The molecule has 4 rings (SSSR count). The van der Waals surface area contributed by atoms with Crippen LogP contribution in [-0.4, -0.2) is 56.6 Å². The maximum atomic E-state index is 13.1. The smallest absolute Gasteiger partial charge is 0.322 e. The van der Waals surface area contributed by atoms with Gasteiger partial charge in [-0.05, 0) is 36.4 Å². The molecule has 2 aromatic heterocycles. The number of rotatable bonds is 6. The predicted molar refractivity (Wildman–Crippen MR) is 117 cm³/mol. The van der Waals surface area contributed by atoms with Crippen LogP contribution in [0.4, 0.5) is 6.01 Å². The molecule has 0 spiro atoms. The molecule has 1 aromatic carbocycles. The van der Waals surface area contributed by atoms with Gasteiger partial charge in [-0.1, -0.05) is 23.3 Å². The van der Waals surface area contributed by atoms with Crippen LogP contribution in [0.3, 0.4) is 0 Å². The fourth-order valence-corrected chi connectivity index (χ4v) is 7.16. The van der Waals surface area contributed by atoms with Crippen LogP contribution in [0.25, 0.3) is 10.8 Å². The number of amides is 1. The number of carbonyl (C=O) groups is 1. The van der Waals surface area contributed by atoms with Gasteiger partial charge in [0.1, 0.15) is 4.90 Å². The molecule has 0 saturated carbocycles. The van der Waals surface area contributed by atoms with Crippen molar-refractivity contribution < 1.29 is 26.0 Å². The maximum absolute atomic E-state index is 13.1. The third-order valence-corrected chi connectivity index (χ3v) is 9.18. The lowest BCUT2D eigenvalue weighted by atomic mass is 9.97. The lowest BCUT2D eigenvalue weighted by Crippen LogP contribution is -2.41. The van der Waals surface area contributed by atoms with Gasteiger partial charge in [0.2, 0.25) is 15.9 Å². The number of nitrogens with one attached hydrogen (secondary N) is 1. The predicted octanol–water partition coefficient (Wildman–Crippen LogP) is 2.24. The van der Waals surface area contributed by atoms with Crippen molar-refractivity contribution in [1.29, 1.82) is 0 Å². The molecule has 1 fully saturated rings. The third-order valence-electron chi connectivity index (χ3n) is 5.08. The SMILES string of the molecule is CS(=O)(=O)c1ccccc1S(=O)(=O)N1CCC(C(=O)Nc2nnc(-c3cccs3)o2)CC1. The van der Waals surface area contributed by atoms with Crippen LogP contribution in [-0.2, 0) is 24.7 Å². The Hall–Kier alpha value is -2.61. The summed E-state index contributed by atoms with van der Waals surface area (Å²) in [6.07, 6.45) is 1.52. The molecule has 32 heavy (non-hydrogen) atoms. The van der Waals surface area contributed by atoms with Crippen LogP contribution in [0.15, 0.2) is 56.0 Å². The fraction of sp³-hybridized carbons (Fsp3) is 0.316. The topological polar surface area (TPSA) is 140 Å². The number of hydrogen-bond donors (Lipinski definition) is 1. The molecule has 1 N–H and O–H groups in total. The first-order valence-electron chi connectivity index (χ1n) is 9.64. The second kappa shape index (κ2) is 8.73. The second-order valence-electron chi connectivity index (χ2n) is 7.28. The van der Waals surface area contributed by atoms with Crippen LogP contribution in [0.5, 0.6) is 0 Å². The molecular formula is C19H20N4O6S3. The number of sulfone groups is 1. The van der Waals surface area contributed by atoms with Crippen molar-refractivity contribution in [1.82, 2.24) is 14.5 Å². The summed E-state index contributed by atoms with van der Waals surface area (Å²) in [5.41, 5.74) is 0. The minimum atomic E-state index is -4.02. The van der Waals surface area contributed by atoms with E-state index in [0.29, 0.717) is 5.89 Å². The van der Waals surface area contributed by atoms with E-state index in [1.807, 2.05) is 17.5 Å². The molecule has 10 nitrogen and oxygen atoms in total. The average Bonchev–Trinajstić information content (AvgIpc) is 3.45. The first kappa shape index (κ1) is 22.6. The molecule has 170 valence electrons. The van der Waals surface area contributed by atoms with Gasteiger partial charge in [-0.3, -0.25) is 10.1 Å². The Balaban J connectivity index is 1.41. The second-order valence-corrected chi connectivity index (χ2v) is 12.1. The van der Waals surface area contributed by atoms with Gasteiger partial charge < -0.3 is 4.42 Å². The summed E-state index contributed by atoms with van der Waals surface area (Å²) in [4.78, 5) is 12.9. The van der Waals surface area contributed by atoms with Crippen LogP contribution < -0.4 is 5.32 Å². The van der Waals surface area contributed by atoms with Crippen molar-refractivity contribution in [3.63, 3.8) is 0 Å². The summed E-state index contributed by atoms with van der Waals surface area (Å²) in [5.74, 6) is -0.468. The lowest BCUT2D eigenvalue weighted by molar-refractivity contribution is -0.121. The average molecular weight is 497 g/mol. The Morgan fingerprint density at radius 3 is 2.38 bits per heavy atom. The minimum absolute atomic E-state index is 0.0180. The molecule has 1 saturated heterocycles. The number of hydrogen-bond acceptors (Lipinski definition) is 9. The number of anilines is 1.